The van der Waals surface area contributed by atoms with Gasteiger partial charge in [0, 0.05) is 46.3 Å². The molecule has 1 atom stereocenters. The van der Waals surface area contributed by atoms with Crippen molar-refractivity contribution in [2.75, 3.05) is 5.73 Å². The van der Waals surface area contributed by atoms with Crippen LogP contribution in [-0.2, 0) is 0 Å². The zero-order chi connectivity index (χ0) is 28.6. The summed E-state index contributed by atoms with van der Waals surface area (Å²) in [7, 11) is 0. The van der Waals surface area contributed by atoms with Crippen molar-refractivity contribution in [3.63, 3.8) is 0 Å². The summed E-state index contributed by atoms with van der Waals surface area (Å²) in [5.41, 5.74) is 16.4. The molecule has 1 aliphatic carbocycles. The highest BCUT2D eigenvalue weighted by molar-refractivity contribution is 6.33. The lowest BCUT2D eigenvalue weighted by molar-refractivity contribution is 0.0855. The molecule has 4 rings (SSSR count). The highest BCUT2D eigenvalue weighted by Crippen LogP contribution is 2.37. The Labute approximate surface area is 240 Å². The Kier molecular flexibility index (Phi) is 9.87. The molecule has 4 heteroatoms. The number of carbonyl (C=O) groups is 1. The zero-order valence-corrected chi connectivity index (χ0v) is 24.7. The lowest BCUT2D eigenvalue weighted by Crippen LogP contribution is -2.22. The first-order valence-corrected chi connectivity index (χ1v) is 14.7. The molecule has 2 aliphatic rings. The topological polar surface area (TPSA) is 68.3 Å². The quantitative estimate of drug-likeness (QED) is 0.178. The van der Waals surface area contributed by atoms with Crippen molar-refractivity contribution in [3.8, 4) is 11.1 Å². The van der Waals surface area contributed by atoms with E-state index in [0.29, 0.717) is 11.3 Å². The average Bonchev–Trinajstić information content (AvgIpc) is 3.31. The summed E-state index contributed by atoms with van der Waals surface area (Å²) in [4.78, 5) is 22.5. The zero-order valence-electron chi connectivity index (χ0n) is 24.7. The Balaban J connectivity index is 1.73. The molecule has 1 saturated carbocycles. The second kappa shape index (κ2) is 13.5. The molecule has 2 aromatic rings. The fraction of sp³-hybridized carbons (Fsp3) is 0.361. The number of hydrogen-bond donors (Lipinski definition) is 1. The van der Waals surface area contributed by atoms with Crippen LogP contribution in [0.5, 0.6) is 0 Å². The molecule has 0 spiro atoms. The number of hydrogen-bond acceptors (Lipinski definition) is 4. The van der Waals surface area contributed by atoms with Crippen LogP contribution < -0.4 is 5.73 Å². The van der Waals surface area contributed by atoms with E-state index in [1.54, 1.807) is 6.20 Å². The molecule has 4 nitrogen and oxygen atoms in total. The van der Waals surface area contributed by atoms with Gasteiger partial charge in [-0.3, -0.25) is 14.8 Å². The number of nitrogens with zero attached hydrogens (tertiary/aromatic N) is 2. The van der Waals surface area contributed by atoms with Crippen LogP contribution in [0.2, 0.25) is 0 Å². The third-order valence-corrected chi connectivity index (χ3v) is 7.68. The number of aliphatic imine (C=N–C) groups is 1. The van der Waals surface area contributed by atoms with Crippen LogP contribution in [0.15, 0.2) is 83.2 Å². The first-order chi connectivity index (χ1) is 19.3. The van der Waals surface area contributed by atoms with Gasteiger partial charge >= 0.3 is 0 Å². The second-order valence-electron chi connectivity index (χ2n) is 11.0. The van der Waals surface area contributed by atoms with Crippen LogP contribution >= 0.6 is 0 Å². The first kappa shape index (κ1) is 29.2. The van der Waals surface area contributed by atoms with Crippen molar-refractivity contribution < 1.29 is 4.79 Å². The molecule has 2 heterocycles. The van der Waals surface area contributed by atoms with Crippen LogP contribution in [0, 0.1) is 5.92 Å². The maximum absolute atomic E-state index is 13.0. The number of nitrogen functional groups attached to an aromatic ring is 1. The second-order valence-corrected chi connectivity index (χ2v) is 11.0. The summed E-state index contributed by atoms with van der Waals surface area (Å²) < 4.78 is 0. The van der Waals surface area contributed by atoms with Crippen molar-refractivity contribution >= 4 is 28.8 Å². The van der Waals surface area contributed by atoms with Gasteiger partial charge in [0.1, 0.15) is 0 Å². The molecule has 0 amide bonds. The number of rotatable bonds is 11. The summed E-state index contributed by atoms with van der Waals surface area (Å²) in [5, 5.41) is 0. The van der Waals surface area contributed by atoms with Crippen LogP contribution in [0.1, 0.15) is 94.6 Å². The lowest BCUT2D eigenvalue weighted by atomic mass is 9.80. The third-order valence-electron chi connectivity index (χ3n) is 7.68. The fourth-order valence-electron chi connectivity index (χ4n) is 5.16. The van der Waals surface area contributed by atoms with Gasteiger partial charge in [0.15, 0.2) is 5.78 Å². The Morgan fingerprint density at radius 1 is 1.10 bits per heavy atom. The number of ketones is 1. The molecular formula is C36H43N3O. The molecular weight excluding hydrogens is 490 g/mol. The van der Waals surface area contributed by atoms with Gasteiger partial charge in [-0.1, -0.05) is 74.8 Å². The van der Waals surface area contributed by atoms with Gasteiger partial charge in [0.05, 0.1) is 11.8 Å². The van der Waals surface area contributed by atoms with E-state index in [1.165, 1.54) is 5.57 Å². The van der Waals surface area contributed by atoms with Crippen LogP contribution in [0.3, 0.4) is 0 Å². The minimum absolute atomic E-state index is 0.0814. The summed E-state index contributed by atoms with van der Waals surface area (Å²) in [6, 6.07) is 6.30. The average molecular weight is 534 g/mol. The van der Waals surface area contributed by atoms with E-state index in [2.05, 4.69) is 94.3 Å². The Morgan fingerprint density at radius 2 is 1.90 bits per heavy atom. The number of pyridine rings is 1. The number of Topliss-reactive ketones (excluding diaryl/α,β-unsaturated/α-hetero) is 1. The number of aromatic nitrogens is 1. The van der Waals surface area contributed by atoms with E-state index in [1.807, 2.05) is 12.3 Å². The normalized spacial score (nSPS) is 18.4. The highest BCUT2D eigenvalue weighted by Gasteiger charge is 2.27. The van der Waals surface area contributed by atoms with Gasteiger partial charge in [-0.15, -0.1) is 0 Å². The predicted octanol–water partition coefficient (Wildman–Crippen LogP) is 9.21. The molecule has 1 fully saturated rings. The van der Waals surface area contributed by atoms with Gasteiger partial charge in [0.25, 0.3) is 0 Å². The summed E-state index contributed by atoms with van der Waals surface area (Å²) in [6.07, 6.45) is 24.8. The van der Waals surface area contributed by atoms with E-state index in [0.717, 1.165) is 77.6 Å². The van der Waals surface area contributed by atoms with Gasteiger partial charge in [-0.05, 0) is 81.4 Å². The fourth-order valence-corrected chi connectivity index (χ4v) is 5.16. The summed E-state index contributed by atoms with van der Waals surface area (Å²) in [6.45, 7) is 10.7. The molecule has 1 aromatic carbocycles. The molecule has 1 aromatic heterocycles. The van der Waals surface area contributed by atoms with Crippen molar-refractivity contribution in [3.05, 3.63) is 94.9 Å². The molecule has 1 aliphatic heterocycles. The van der Waals surface area contributed by atoms with E-state index < -0.39 is 0 Å². The summed E-state index contributed by atoms with van der Waals surface area (Å²) >= 11 is 0. The van der Waals surface area contributed by atoms with E-state index >= 15 is 0 Å². The molecule has 0 saturated heterocycles. The van der Waals surface area contributed by atoms with Crippen LogP contribution in [-0.4, -0.2) is 22.5 Å². The maximum atomic E-state index is 13.0. The number of anilines is 1. The van der Waals surface area contributed by atoms with Crippen molar-refractivity contribution in [1.29, 1.82) is 0 Å². The number of benzene rings is 1. The van der Waals surface area contributed by atoms with Crippen molar-refractivity contribution in [2.45, 2.75) is 79.2 Å². The van der Waals surface area contributed by atoms with E-state index in [9.17, 15) is 4.79 Å². The molecule has 2 N–H and O–H groups in total. The number of carbonyl (C=O) groups excluding carboxylic acids is 1. The van der Waals surface area contributed by atoms with Crippen molar-refractivity contribution in [1.82, 2.24) is 4.98 Å². The van der Waals surface area contributed by atoms with Crippen LogP contribution in [0.4, 0.5) is 5.69 Å². The standard InChI is InChI=1S/C36H43N3O/c1-6-8-12-24(3)13-10-14-25(4)35-33(18-26(5)39-35)28-20-32(31(17-9-7-2)34(37)21-28)29-19-30(23-38-22-29)36(40)27-15-11-16-27/h9-10,12-14,17-23,26-27H,6-8,11,15-16,37H2,1-5H3/b13-10-,17-9+,24-12-,25-14+. The summed E-state index contributed by atoms with van der Waals surface area (Å²) in [5.74, 6) is 0.331. The van der Waals surface area contributed by atoms with E-state index in [-0.39, 0.29) is 17.7 Å². The number of allylic oxidation sites excluding steroid dienone is 8. The third kappa shape index (κ3) is 6.85. The van der Waals surface area contributed by atoms with Gasteiger partial charge in [0.2, 0.25) is 0 Å². The first-order valence-electron chi connectivity index (χ1n) is 14.7. The van der Waals surface area contributed by atoms with E-state index in [4.69, 9.17) is 10.7 Å². The molecule has 40 heavy (non-hydrogen) atoms. The Bertz CT molecular complexity index is 1430. The predicted molar refractivity (Wildman–Crippen MR) is 172 cm³/mol. The monoisotopic (exact) mass is 533 g/mol. The maximum Gasteiger partial charge on any atom is 0.167 e. The highest BCUT2D eigenvalue weighted by atomic mass is 16.1. The Hall–Kier alpha value is -3.79. The largest absolute Gasteiger partial charge is 0.398 e. The van der Waals surface area contributed by atoms with Crippen LogP contribution in [0.25, 0.3) is 22.8 Å². The van der Waals surface area contributed by atoms with Crippen molar-refractivity contribution in [2.24, 2.45) is 10.9 Å². The lowest BCUT2D eigenvalue weighted by Gasteiger charge is -2.23. The minimum Gasteiger partial charge on any atom is -0.398 e. The molecule has 0 radical (unpaired) electrons. The number of unbranched alkanes of at least 4 members (excludes halogenated alkanes) is 1. The molecule has 1 unspecified atom stereocenters. The van der Waals surface area contributed by atoms with Gasteiger partial charge in [-0.2, -0.15) is 0 Å². The Morgan fingerprint density at radius 3 is 2.60 bits per heavy atom. The molecule has 0 bridgehead atoms. The smallest absolute Gasteiger partial charge is 0.167 e. The number of nitrogens with two attached hydrogens (primary N) is 1. The van der Waals surface area contributed by atoms with Gasteiger partial charge in [-0.25, -0.2) is 0 Å². The van der Waals surface area contributed by atoms with Gasteiger partial charge < -0.3 is 5.73 Å². The molecule has 208 valence electrons. The minimum atomic E-state index is 0.0814. The SMILES string of the molecule is CC/C=C/c1c(N)cc(C2=CC(C)N=C2/C(C)=C/C=C\C(C)=C/CCC)cc1-c1cncc(C(=O)C2CCC2)c1.